The molecule has 1 aromatic heterocycles. The number of nitrogens with one attached hydrogen (secondary N) is 1. The number of hydrogen-bond acceptors (Lipinski definition) is 4. The van der Waals surface area contributed by atoms with Gasteiger partial charge in [-0.15, -0.1) is 0 Å². The number of hydrogen-bond donors (Lipinski definition) is 1. The van der Waals surface area contributed by atoms with Crippen molar-refractivity contribution in [1.82, 2.24) is 14.5 Å². The fourth-order valence-electron chi connectivity index (χ4n) is 3.83. The largest absolute Gasteiger partial charge is 0.367 e. The summed E-state index contributed by atoms with van der Waals surface area (Å²) in [4.78, 5) is 31.3. The van der Waals surface area contributed by atoms with Gasteiger partial charge in [-0.05, 0) is 36.8 Å². The molecular weight excluding hydrogens is 378 g/mol. The number of halogens is 2. The van der Waals surface area contributed by atoms with E-state index in [2.05, 4.69) is 9.88 Å². The van der Waals surface area contributed by atoms with Crippen LogP contribution in [0.5, 0.6) is 0 Å². The van der Waals surface area contributed by atoms with Crippen LogP contribution in [0.2, 0.25) is 0 Å². The maximum Gasteiger partial charge on any atom is 0.328 e. The lowest BCUT2D eigenvalue weighted by Gasteiger charge is -2.36. The van der Waals surface area contributed by atoms with Crippen molar-refractivity contribution < 1.29 is 8.78 Å². The molecule has 0 bridgehead atoms. The van der Waals surface area contributed by atoms with Crippen LogP contribution in [-0.2, 0) is 13.1 Å². The number of aromatic nitrogens is 2. The quantitative estimate of drug-likeness (QED) is 0.730. The molecule has 0 spiro atoms. The van der Waals surface area contributed by atoms with Gasteiger partial charge in [0.2, 0.25) is 0 Å². The molecule has 1 fully saturated rings. The average molecular weight is 400 g/mol. The molecule has 0 atom stereocenters. The van der Waals surface area contributed by atoms with E-state index in [4.69, 9.17) is 0 Å². The smallest absolute Gasteiger partial charge is 0.328 e. The molecule has 0 aliphatic carbocycles. The second-order valence-corrected chi connectivity index (χ2v) is 7.22. The summed E-state index contributed by atoms with van der Waals surface area (Å²) in [6, 6.07) is 9.14. The Kier molecular flexibility index (Phi) is 5.19. The first-order valence-corrected chi connectivity index (χ1v) is 9.64. The molecule has 1 N–H and O–H groups in total. The number of H-pyrrole nitrogens is 1. The van der Waals surface area contributed by atoms with Gasteiger partial charge in [0.25, 0.3) is 5.56 Å². The van der Waals surface area contributed by atoms with Gasteiger partial charge in [0, 0.05) is 45.3 Å². The minimum atomic E-state index is -0.579. The molecule has 4 rings (SSSR count). The lowest BCUT2D eigenvalue weighted by molar-refractivity contribution is 0.249. The summed E-state index contributed by atoms with van der Waals surface area (Å²) in [5, 5.41) is 0.492. The maximum atomic E-state index is 14.0. The van der Waals surface area contributed by atoms with Gasteiger partial charge >= 0.3 is 5.69 Å². The summed E-state index contributed by atoms with van der Waals surface area (Å²) < 4.78 is 28.3. The first-order chi connectivity index (χ1) is 14.0. The van der Waals surface area contributed by atoms with E-state index in [1.165, 1.54) is 16.7 Å². The summed E-state index contributed by atoms with van der Waals surface area (Å²) in [7, 11) is 0. The molecule has 2 heterocycles. The van der Waals surface area contributed by atoms with Gasteiger partial charge in [-0.1, -0.05) is 6.07 Å². The van der Waals surface area contributed by atoms with E-state index >= 15 is 0 Å². The Morgan fingerprint density at radius 1 is 1.00 bits per heavy atom. The Hall–Kier alpha value is -3.00. The molecule has 0 amide bonds. The van der Waals surface area contributed by atoms with Crippen LogP contribution in [-0.4, -0.2) is 40.6 Å². The molecular formula is C21H22F2N4O2. The molecule has 2 aromatic carbocycles. The minimum Gasteiger partial charge on any atom is -0.367 e. The van der Waals surface area contributed by atoms with Crippen LogP contribution in [0.1, 0.15) is 12.5 Å². The Labute approximate surface area is 166 Å². The van der Waals surface area contributed by atoms with Crippen LogP contribution in [0.3, 0.4) is 0 Å². The number of benzene rings is 2. The Bertz CT molecular complexity index is 1160. The summed E-state index contributed by atoms with van der Waals surface area (Å²) in [6.45, 7) is 5.46. The number of piperazine rings is 1. The van der Waals surface area contributed by atoms with E-state index in [0.717, 1.165) is 24.7 Å². The molecule has 1 aliphatic heterocycles. The van der Waals surface area contributed by atoms with Crippen LogP contribution >= 0.6 is 0 Å². The van der Waals surface area contributed by atoms with Crippen molar-refractivity contribution in [3.63, 3.8) is 0 Å². The van der Waals surface area contributed by atoms with E-state index < -0.39 is 17.3 Å². The monoisotopic (exact) mass is 400 g/mol. The lowest BCUT2D eigenvalue weighted by atomic mass is 10.1. The molecule has 3 aromatic rings. The zero-order valence-electron chi connectivity index (χ0n) is 16.1. The highest BCUT2D eigenvalue weighted by Gasteiger charge is 2.20. The highest BCUT2D eigenvalue weighted by molar-refractivity contribution is 5.77. The zero-order valence-corrected chi connectivity index (χ0v) is 16.1. The first-order valence-electron chi connectivity index (χ1n) is 9.64. The highest BCUT2D eigenvalue weighted by atomic mass is 19.1. The van der Waals surface area contributed by atoms with E-state index in [-0.39, 0.29) is 5.56 Å². The molecule has 29 heavy (non-hydrogen) atoms. The van der Waals surface area contributed by atoms with Gasteiger partial charge in [-0.25, -0.2) is 13.6 Å². The van der Waals surface area contributed by atoms with Crippen LogP contribution in [0.4, 0.5) is 14.5 Å². The second-order valence-electron chi connectivity index (χ2n) is 7.22. The fraction of sp³-hybridized carbons (Fsp3) is 0.333. The molecule has 1 aliphatic rings. The number of fused-ring (bicyclic) bond motifs is 1. The van der Waals surface area contributed by atoms with Gasteiger partial charge in [-0.3, -0.25) is 14.3 Å². The van der Waals surface area contributed by atoms with Crippen LogP contribution < -0.4 is 16.1 Å². The van der Waals surface area contributed by atoms with Crippen molar-refractivity contribution in [2.45, 2.75) is 20.0 Å². The molecule has 0 radical (unpaired) electrons. The highest BCUT2D eigenvalue weighted by Crippen LogP contribution is 2.22. The lowest BCUT2D eigenvalue weighted by Crippen LogP contribution is -2.46. The van der Waals surface area contributed by atoms with Crippen molar-refractivity contribution in [2.24, 2.45) is 0 Å². The molecule has 0 unspecified atom stereocenters. The molecule has 152 valence electrons. The Balaban J connectivity index is 1.47. The van der Waals surface area contributed by atoms with Crippen molar-refractivity contribution >= 4 is 16.6 Å². The van der Waals surface area contributed by atoms with E-state index in [1.54, 1.807) is 13.0 Å². The summed E-state index contributed by atoms with van der Waals surface area (Å²) >= 11 is 0. The van der Waals surface area contributed by atoms with Crippen molar-refractivity contribution in [2.75, 3.05) is 31.1 Å². The molecule has 1 saturated heterocycles. The predicted octanol–water partition coefficient (Wildman–Crippen LogP) is 2.31. The van der Waals surface area contributed by atoms with Crippen molar-refractivity contribution in [3.8, 4) is 0 Å². The minimum absolute atomic E-state index is 0.285. The van der Waals surface area contributed by atoms with Crippen molar-refractivity contribution in [3.05, 3.63) is 74.4 Å². The third-order valence-electron chi connectivity index (χ3n) is 5.39. The summed E-state index contributed by atoms with van der Waals surface area (Å²) in [6.07, 6.45) is 0. The Morgan fingerprint density at radius 2 is 1.76 bits per heavy atom. The van der Waals surface area contributed by atoms with Gasteiger partial charge in [0.05, 0.1) is 16.6 Å². The fourth-order valence-corrected chi connectivity index (χ4v) is 3.83. The average Bonchev–Trinajstić information content (AvgIpc) is 2.69. The van der Waals surface area contributed by atoms with E-state index in [0.29, 0.717) is 42.8 Å². The van der Waals surface area contributed by atoms with Crippen LogP contribution in [0, 0.1) is 11.6 Å². The summed E-state index contributed by atoms with van der Waals surface area (Å²) in [5.41, 5.74) is 1.25. The number of nitrogens with zero attached hydrogens (tertiary/aromatic N) is 3. The van der Waals surface area contributed by atoms with Crippen LogP contribution in [0.25, 0.3) is 10.9 Å². The van der Waals surface area contributed by atoms with E-state index in [9.17, 15) is 18.4 Å². The number of anilines is 1. The normalized spacial score (nSPS) is 15.2. The molecule has 0 saturated carbocycles. The Morgan fingerprint density at radius 3 is 2.45 bits per heavy atom. The summed E-state index contributed by atoms with van der Waals surface area (Å²) in [5.74, 6) is -1.13. The molecule has 6 nitrogen and oxygen atoms in total. The van der Waals surface area contributed by atoms with Gasteiger partial charge in [-0.2, -0.15) is 0 Å². The van der Waals surface area contributed by atoms with E-state index in [1.807, 2.05) is 17.0 Å². The second kappa shape index (κ2) is 7.79. The van der Waals surface area contributed by atoms with Gasteiger partial charge in [0.1, 0.15) is 11.6 Å². The molecule has 8 heteroatoms. The number of rotatable bonds is 4. The standard InChI is InChI=1S/C21H22F2N4O2/c1-2-27-20(28)16-5-3-14(11-18(16)24-21(27)29)13-25-7-9-26(10-8-25)19-6-4-15(22)12-17(19)23/h3-6,11-12H,2,7-10,13H2,1H3,(H,24,29). The zero-order chi connectivity index (χ0) is 20.5. The first kappa shape index (κ1) is 19.3. The predicted molar refractivity (Wildman–Crippen MR) is 108 cm³/mol. The maximum absolute atomic E-state index is 14.0. The topological polar surface area (TPSA) is 61.3 Å². The number of aromatic amines is 1. The van der Waals surface area contributed by atoms with Crippen molar-refractivity contribution in [1.29, 1.82) is 0 Å². The SMILES string of the molecule is CCn1c(=O)[nH]c2cc(CN3CCN(c4ccc(F)cc4F)CC3)ccc2c1=O. The van der Waals surface area contributed by atoms with Gasteiger partial charge in [0.15, 0.2) is 0 Å². The van der Waals surface area contributed by atoms with Gasteiger partial charge < -0.3 is 9.88 Å². The third kappa shape index (κ3) is 3.80. The third-order valence-corrected chi connectivity index (χ3v) is 5.39. The van der Waals surface area contributed by atoms with Crippen LogP contribution in [0.15, 0.2) is 46.0 Å².